The first-order valence-corrected chi connectivity index (χ1v) is 8.74. The van der Waals surface area contributed by atoms with Crippen LogP contribution in [0.3, 0.4) is 0 Å². The Morgan fingerprint density at radius 1 is 1.24 bits per heavy atom. The minimum absolute atomic E-state index is 0.0681. The molecule has 1 aliphatic rings. The number of likely N-dealkylation sites (N-methyl/N-ethyl adjacent to an activating group) is 1. The van der Waals surface area contributed by atoms with Gasteiger partial charge in [-0.25, -0.2) is 0 Å². The molecule has 0 saturated carbocycles. The van der Waals surface area contributed by atoms with Crippen LogP contribution in [0.2, 0.25) is 0 Å². The van der Waals surface area contributed by atoms with Gasteiger partial charge in [0, 0.05) is 31.7 Å². The minimum Gasteiger partial charge on any atom is -0.489 e. The van der Waals surface area contributed by atoms with Gasteiger partial charge in [0.2, 0.25) is 0 Å². The predicted octanol–water partition coefficient (Wildman–Crippen LogP) is 2.65. The van der Waals surface area contributed by atoms with Crippen molar-refractivity contribution >= 4 is 5.91 Å². The number of nitrogens with zero attached hydrogens (tertiary/aromatic N) is 3. The Balaban J connectivity index is 1.64. The number of carbonyl (C=O) groups excluding carboxylic acids is 1. The lowest BCUT2D eigenvalue weighted by molar-refractivity contribution is 0.0643. The molecule has 2 heterocycles. The van der Waals surface area contributed by atoms with Crippen LogP contribution in [-0.2, 0) is 6.61 Å². The highest BCUT2D eigenvalue weighted by Gasteiger charge is 2.21. The zero-order valence-electron chi connectivity index (χ0n) is 15.1. The van der Waals surface area contributed by atoms with Crippen LogP contribution in [0.15, 0.2) is 28.8 Å². The number of aromatic nitrogens is 1. The van der Waals surface area contributed by atoms with Crippen molar-refractivity contribution in [1.82, 2.24) is 15.0 Å². The highest BCUT2D eigenvalue weighted by molar-refractivity contribution is 5.94. The van der Waals surface area contributed by atoms with E-state index in [0.717, 1.165) is 49.7 Å². The fourth-order valence-corrected chi connectivity index (χ4v) is 3.03. The number of carbonyl (C=O) groups is 1. The SMILES string of the molecule is CCN1CCN(C(=O)c2cccc(OCc3c(C)noc3C)c2)CC1. The Morgan fingerprint density at radius 2 is 2.00 bits per heavy atom. The van der Waals surface area contributed by atoms with Gasteiger partial charge in [-0.05, 0) is 38.6 Å². The van der Waals surface area contributed by atoms with Crippen molar-refractivity contribution in [3.63, 3.8) is 0 Å². The van der Waals surface area contributed by atoms with Crippen LogP contribution in [0, 0.1) is 13.8 Å². The van der Waals surface area contributed by atoms with Gasteiger partial charge in [-0.15, -0.1) is 0 Å². The molecule has 3 rings (SSSR count). The standard InChI is InChI=1S/C19H25N3O3/c1-4-21-8-10-22(11-9-21)19(23)16-6-5-7-17(12-16)24-13-18-14(2)20-25-15(18)3/h5-7,12H,4,8-11,13H2,1-3H3. The Morgan fingerprint density at radius 3 is 2.64 bits per heavy atom. The molecule has 1 amide bonds. The summed E-state index contributed by atoms with van der Waals surface area (Å²) in [5.74, 6) is 1.51. The van der Waals surface area contributed by atoms with Gasteiger partial charge in [-0.1, -0.05) is 18.1 Å². The van der Waals surface area contributed by atoms with E-state index in [9.17, 15) is 4.79 Å². The molecule has 0 unspecified atom stereocenters. The topological polar surface area (TPSA) is 58.8 Å². The summed E-state index contributed by atoms with van der Waals surface area (Å²) in [5, 5.41) is 3.93. The molecule has 0 aliphatic carbocycles. The highest BCUT2D eigenvalue weighted by Crippen LogP contribution is 2.19. The van der Waals surface area contributed by atoms with Crippen molar-refractivity contribution < 1.29 is 14.1 Å². The molecule has 0 atom stereocenters. The first-order chi connectivity index (χ1) is 12.1. The third kappa shape index (κ3) is 4.02. The van der Waals surface area contributed by atoms with Crippen LogP contribution in [0.1, 0.15) is 34.3 Å². The fraction of sp³-hybridized carbons (Fsp3) is 0.474. The molecule has 1 aromatic heterocycles. The maximum absolute atomic E-state index is 12.7. The molecule has 0 radical (unpaired) electrons. The summed E-state index contributed by atoms with van der Waals surface area (Å²) in [7, 11) is 0. The number of benzene rings is 1. The van der Waals surface area contributed by atoms with Gasteiger partial charge in [0.05, 0.1) is 11.3 Å². The van der Waals surface area contributed by atoms with Gasteiger partial charge < -0.3 is 19.1 Å². The monoisotopic (exact) mass is 343 g/mol. The maximum Gasteiger partial charge on any atom is 0.254 e. The Bertz CT molecular complexity index is 714. The maximum atomic E-state index is 12.7. The number of piperazine rings is 1. The van der Waals surface area contributed by atoms with Gasteiger partial charge in [0.25, 0.3) is 5.91 Å². The number of rotatable bonds is 5. The number of aryl methyl sites for hydroxylation is 2. The molecule has 0 N–H and O–H groups in total. The fourth-order valence-electron chi connectivity index (χ4n) is 3.03. The normalized spacial score (nSPS) is 15.4. The average Bonchev–Trinajstić information content (AvgIpc) is 2.97. The van der Waals surface area contributed by atoms with Crippen LogP contribution >= 0.6 is 0 Å². The van der Waals surface area contributed by atoms with E-state index < -0.39 is 0 Å². The molecular formula is C19H25N3O3. The molecular weight excluding hydrogens is 318 g/mol. The zero-order valence-corrected chi connectivity index (χ0v) is 15.1. The Hall–Kier alpha value is -2.34. The van der Waals surface area contributed by atoms with Gasteiger partial charge in [0.1, 0.15) is 18.1 Å². The van der Waals surface area contributed by atoms with Crippen molar-refractivity contribution in [3.8, 4) is 5.75 Å². The molecule has 1 saturated heterocycles. The van der Waals surface area contributed by atoms with Crippen molar-refractivity contribution in [2.24, 2.45) is 0 Å². The summed E-state index contributed by atoms with van der Waals surface area (Å²) < 4.78 is 11.0. The largest absolute Gasteiger partial charge is 0.489 e. The third-order valence-corrected chi connectivity index (χ3v) is 4.75. The molecule has 0 bridgehead atoms. The predicted molar refractivity (Wildman–Crippen MR) is 94.8 cm³/mol. The van der Waals surface area contributed by atoms with E-state index in [4.69, 9.17) is 9.26 Å². The number of hydrogen-bond donors (Lipinski definition) is 0. The first-order valence-electron chi connectivity index (χ1n) is 8.74. The summed E-state index contributed by atoms with van der Waals surface area (Å²) in [6.07, 6.45) is 0. The van der Waals surface area contributed by atoms with Gasteiger partial charge in [-0.2, -0.15) is 0 Å². The molecule has 6 heteroatoms. The third-order valence-electron chi connectivity index (χ3n) is 4.75. The van der Waals surface area contributed by atoms with E-state index in [1.54, 1.807) is 0 Å². The molecule has 2 aromatic rings. The van der Waals surface area contributed by atoms with Crippen LogP contribution in [0.25, 0.3) is 0 Å². The van der Waals surface area contributed by atoms with E-state index >= 15 is 0 Å². The van der Waals surface area contributed by atoms with Crippen molar-refractivity contribution in [1.29, 1.82) is 0 Å². The van der Waals surface area contributed by atoms with E-state index in [0.29, 0.717) is 17.9 Å². The highest BCUT2D eigenvalue weighted by atomic mass is 16.5. The van der Waals surface area contributed by atoms with Crippen LogP contribution in [0.4, 0.5) is 0 Å². The van der Waals surface area contributed by atoms with Crippen molar-refractivity contribution in [2.75, 3.05) is 32.7 Å². The van der Waals surface area contributed by atoms with Gasteiger partial charge in [-0.3, -0.25) is 4.79 Å². The molecule has 1 aromatic carbocycles. The van der Waals surface area contributed by atoms with E-state index in [1.165, 1.54) is 0 Å². The second-order valence-electron chi connectivity index (χ2n) is 6.35. The average molecular weight is 343 g/mol. The van der Waals surface area contributed by atoms with Crippen LogP contribution in [0.5, 0.6) is 5.75 Å². The lowest BCUT2D eigenvalue weighted by atomic mass is 10.1. The number of hydrogen-bond acceptors (Lipinski definition) is 5. The second kappa shape index (κ2) is 7.70. The minimum atomic E-state index is 0.0681. The summed E-state index contributed by atoms with van der Waals surface area (Å²) >= 11 is 0. The molecule has 1 fully saturated rings. The van der Waals surface area contributed by atoms with Crippen LogP contribution < -0.4 is 4.74 Å². The molecule has 6 nitrogen and oxygen atoms in total. The molecule has 1 aliphatic heterocycles. The molecule has 0 spiro atoms. The van der Waals surface area contributed by atoms with Crippen LogP contribution in [-0.4, -0.2) is 53.6 Å². The molecule has 134 valence electrons. The smallest absolute Gasteiger partial charge is 0.254 e. The summed E-state index contributed by atoms with van der Waals surface area (Å²) in [6, 6.07) is 7.38. The zero-order chi connectivity index (χ0) is 17.8. The number of amides is 1. The first kappa shape index (κ1) is 17.5. The van der Waals surface area contributed by atoms with Gasteiger partial charge >= 0.3 is 0 Å². The van der Waals surface area contributed by atoms with Crippen molar-refractivity contribution in [3.05, 3.63) is 46.8 Å². The lowest BCUT2D eigenvalue weighted by Gasteiger charge is -2.34. The van der Waals surface area contributed by atoms with Gasteiger partial charge in [0.15, 0.2) is 0 Å². The summed E-state index contributed by atoms with van der Waals surface area (Å²) in [5.41, 5.74) is 2.45. The Kier molecular flexibility index (Phi) is 5.38. The quantitative estimate of drug-likeness (QED) is 0.835. The van der Waals surface area contributed by atoms with E-state index in [1.807, 2.05) is 43.0 Å². The summed E-state index contributed by atoms with van der Waals surface area (Å²) in [4.78, 5) is 17.0. The second-order valence-corrected chi connectivity index (χ2v) is 6.35. The van der Waals surface area contributed by atoms with Crippen molar-refractivity contribution in [2.45, 2.75) is 27.4 Å². The lowest BCUT2D eigenvalue weighted by Crippen LogP contribution is -2.48. The molecule has 25 heavy (non-hydrogen) atoms. The van der Waals surface area contributed by atoms with E-state index in [-0.39, 0.29) is 5.91 Å². The Labute approximate surface area is 148 Å². The number of ether oxygens (including phenoxy) is 1. The van der Waals surface area contributed by atoms with E-state index in [2.05, 4.69) is 17.0 Å². The summed E-state index contributed by atoms with van der Waals surface area (Å²) in [6.45, 7) is 10.8.